The number of nitro benzene ring substituents is 1. The first kappa shape index (κ1) is 13.3. The van der Waals surface area contributed by atoms with Crippen molar-refractivity contribution in [3.63, 3.8) is 0 Å². The predicted octanol–water partition coefficient (Wildman–Crippen LogP) is 1.45. The number of carbonyl (C=O) groups is 1. The lowest BCUT2D eigenvalue weighted by atomic mass is 10.1. The molecule has 2 rings (SSSR count). The van der Waals surface area contributed by atoms with Gasteiger partial charge in [-0.05, 0) is 25.0 Å². The highest BCUT2D eigenvalue weighted by atomic mass is 19.1. The van der Waals surface area contributed by atoms with Crippen LogP contribution in [0.5, 0.6) is 0 Å². The van der Waals surface area contributed by atoms with Crippen LogP contribution in [0.4, 0.5) is 15.8 Å². The molecular weight excluding hydrogens is 253 g/mol. The van der Waals surface area contributed by atoms with Gasteiger partial charge in [0.2, 0.25) is 11.7 Å². The molecular formula is C12H14FN3O3. The molecule has 6 nitrogen and oxygen atoms in total. The third-order valence-electron chi connectivity index (χ3n) is 3.26. The Morgan fingerprint density at radius 3 is 2.95 bits per heavy atom. The van der Waals surface area contributed by atoms with Crippen molar-refractivity contribution in [1.29, 1.82) is 0 Å². The van der Waals surface area contributed by atoms with Crippen molar-refractivity contribution in [3.8, 4) is 0 Å². The number of benzene rings is 1. The van der Waals surface area contributed by atoms with E-state index in [1.54, 1.807) is 4.90 Å². The lowest BCUT2D eigenvalue weighted by Gasteiger charge is -2.25. The number of hydrogen-bond donors (Lipinski definition) is 1. The van der Waals surface area contributed by atoms with Crippen molar-refractivity contribution < 1.29 is 14.1 Å². The summed E-state index contributed by atoms with van der Waals surface area (Å²) in [5, 5.41) is 13.5. The third kappa shape index (κ3) is 2.35. The molecule has 1 aromatic carbocycles. The lowest BCUT2D eigenvalue weighted by Crippen LogP contribution is -2.42. The molecule has 0 radical (unpaired) electrons. The molecule has 1 heterocycles. The zero-order valence-electron chi connectivity index (χ0n) is 10.4. The Balaban J connectivity index is 2.44. The van der Waals surface area contributed by atoms with Crippen LogP contribution in [0.2, 0.25) is 0 Å². The van der Waals surface area contributed by atoms with Crippen molar-refractivity contribution in [2.75, 3.05) is 18.5 Å². The fourth-order valence-corrected chi connectivity index (χ4v) is 2.41. The Labute approximate surface area is 109 Å². The number of likely N-dealkylation sites (N-methyl/N-ethyl adjacent to an activating group) is 1. The maximum absolute atomic E-state index is 13.6. The zero-order chi connectivity index (χ0) is 14.0. The molecule has 1 aliphatic rings. The molecule has 1 atom stereocenters. The van der Waals surface area contributed by atoms with Crippen LogP contribution in [0.3, 0.4) is 0 Å². The third-order valence-corrected chi connectivity index (χ3v) is 3.26. The van der Waals surface area contributed by atoms with Gasteiger partial charge in [0.1, 0.15) is 11.7 Å². The van der Waals surface area contributed by atoms with Gasteiger partial charge in [-0.15, -0.1) is 0 Å². The molecule has 0 spiro atoms. The molecule has 1 unspecified atom stereocenters. The first-order valence-electron chi connectivity index (χ1n) is 5.97. The van der Waals surface area contributed by atoms with Crippen molar-refractivity contribution in [3.05, 3.63) is 34.1 Å². The predicted molar refractivity (Wildman–Crippen MR) is 67.5 cm³/mol. The van der Waals surface area contributed by atoms with Crippen LogP contribution in [0.1, 0.15) is 12.8 Å². The summed E-state index contributed by atoms with van der Waals surface area (Å²) in [6.07, 6.45) is 1.35. The van der Waals surface area contributed by atoms with Gasteiger partial charge in [-0.2, -0.15) is 4.39 Å². The standard InChI is InChI=1S/C12H14FN3O3/c1-14-12(17)10-6-3-7-15(10)9-5-2-4-8(13)11(9)16(18)19/h2,4-5,10H,3,6-7H2,1H3,(H,14,17). The normalized spacial score (nSPS) is 18.4. The highest BCUT2D eigenvalue weighted by Gasteiger charge is 2.35. The highest BCUT2D eigenvalue weighted by molar-refractivity contribution is 5.86. The van der Waals surface area contributed by atoms with E-state index in [9.17, 15) is 19.3 Å². The molecule has 0 saturated carbocycles. The van der Waals surface area contributed by atoms with Gasteiger partial charge in [0, 0.05) is 13.6 Å². The van der Waals surface area contributed by atoms with E-state index in [1.165, 1.54) is 19.2 Å². The van der Waals surface area contributed by atoms with Gasteiger partial charge in [0.15, 0.2) is 0 Å². The molecule has 0 aliphatic carbocycles. The number of amides is 1. The minimum Gasteiger partial charge on any atom is -0.357 e. The minimum atomic E-state index is -0.884. The van der Waals surface area contributed by atoms with Gasteiger partial charge in [0.25, 0.3) is 0 Å². The van der Waals surface area contributed by atoms with Crippen LogP contribution >= 0.6 is 0 Å². The summed E-state index contributed by atoms with van der Waals surface area (Å²) in [4.78, 5) is 23.6. The first-order valence-corrected chi connectivity index (χ1v) is 5.97. The van der Waals surface area contributed by atoms with E-state index in [0.29, 0.717) is 13.0 Å². The molecule has 7 heteroatoms. The van der Waals surface area contributed by atoms with Crippen LogP contribution in [0.25, 0.3) is 0 Å². The van der Waals surface area contributed by atoms with Crippen LogP contribution in [0, 0.1) is 15.9 Å². The largest absolute Gasteiger partial charge is 0.357 e. The van der Waals surface area contributed by atoms with Gasteiger partial charge in [-0.3, -0.25) is 14.9 Å². The molecule has 1 aliphatic heterocycles. The van der Waals surface area contributed by atoms with Crippen LogP contribution in [-0.2, 0) is 4.79 Å². The molecule has 0 bridgehead atoms. The minimum absolute atomic E-state index is 0.163. The summed E-state index contributed by atoms with van der Waals surface area (Å²) in [5.41, 5.74) is -0.408. The van der Waals surface area contributed by atoms with Gasteiger partial charge in [0.05, 0.1) is 4.92 Å². The molecule has 1 saturated heterocycles. The average molecular weight is 267 g/mol. The zero-order valence-corrected chi connectivity index (χ0v) is 10.4. The average Bonchev–Trinajstić information content (AvgIpc) is 2.86. The van der Waals surface area contributed by atoms with E-state index < -0.39 is 22.5 Å². The van der Waals surface area contributed by atoms with Crippen LogP contribution in [-0.4, -0.2) is 30.5 Å². The number of para-hydroxylation sites is 1. The molecule has 1 N–H and O–H groups in total. The smallest absolute Gasteiger partial charge is 0.327 e. The number of nitrogens with one attached hydrogen (secondary N) is 1. The maximum Gasteiger partial charge on any atom is 0.327 e. The van der Waals surface area contributed by atoms with E-state index in [-0.39, 0.29) is 11.6 Å². The van der Waals surface area contributed by atoms with Crippen molar-refractivity contribution in [1.82, 2.24) is 5.32 Å². The number of rotatable bonds is 3. The van der Waals surface area contributed by atoms with E-state index >= 15 is 0 Å². The number of carbonyl (C=O) groups excluding carboxylic acids is 1. The number of halogens is 1. The van der Waals surface area contributed by atoms with Crippen molar-refractivity contribution >= 4 is 17.3 Å². The van der Waals surface area contributed by atoms with E-state index in [1.807, 2.05) is 0 Å². The van der Waals surface area contributed by atoms with E-state index in [2.05, 4.69) is 5.32 Å². The molecule has 1 fully saturated rings. The Hall–Kier alpha value is -2.18. The van der Waals surface area contributed by atoms with Gasteiger partial charge in [-0.1, -0.05) is 6.07 Å². The summed E-state index contributed by atoms with van der Waals surface area (Å²) in [6, 6.07) is 3.46. The second kappa shape index (κ2) is 5.21. The van der Waals surface area contributed by atoms with Gasteiger partial charge in [-0.25, -0.2) is 0 Å². The Kier molecular flexibility index (Phi) is 3.64. The van der Waals surface area contributed by atoms with E-state index in [0.717, 1.165) is 12.5 Å². The second-order valence-electron chi connectivity index (χ2n) is 4.33. The SMILES string of the molecule is CNC(=O)C1CCCN1c1cccc(F)c1[N+](=O)[O-]. The summed E-state index contributed by atoms with van der Waals surface area (Å²) in [7, 11) is 1.51. The molecule has 1 aromatic rings. The Morgan fingerprint density at radius 1 is 1.58 bits per heavy atom. The summed E-state index contributed by atoms with van der Waals surface area (Å²) < 4.78 is 13.6. The number of hydrogen-bond acceptors (Lipinski definition) is 4. The lowest BCUT2D eigenvalue weighted by molar-refractivity contribution is -0.386. The second-order valence-corrected chi connectivity index (χ2v) is 4.33. The van der Waals surface area contributed by atoms with Crippen LogP contribution < -0.4 is 10.2 Å². The number of anilines is 1. The molecule has 1 amide bonds. The summed E-state index contributed by atoms with van der Waals surface area (Å²) >= 11 is 0. The molecule has 19 heavy (non-hydrogen) atoms. The fourth-order valence-electron chi connectivity index (χ4n) is 2.41. The molecule has 0 aromatic heterocycles. The summed E-state index contributed by atoms with van der Waals surface area (Å²) in [6.45, 7) is 0.502. The Morgan fingerprint density at radius 2 is 2.32 bits per heavy atom. The van der Waals surface area contributed by atoms with Gasteiger partial charge >= 0.3 is 5.69 Å². The highest BCUT2D eigenvalue weighted by Crippen LogP contribution is 2.35. The monoisotopic (exact) mass is 267 g/mol. The molecule has 102 valence electrons. The Bertz CT molecular complexity index is 521. The van der Waals surface area contributed by atoms with Crippen LogP contribution in [0.15, 0.2) is 18.2 Å². The van der Waals surface area contributed by atoms with Crippen molar-refractivity contribution in [2.24, 2.45) is 0 Å². The fraction of sp³-hybridized carbons (Fsp3) is 0.417. The van der Waals surface area contributed by atoms with E-state index in [4.69, 9.17) is 0 Å². The van der Waals surface area contributed by atoms with Crippen molar-refractivity contribution in [2.45, 2.75) is 18.9 Å². The number of nitro groups is 1. The topological polar surface area (TPSA) is 75.5 Å². The number of nitrogens with zero attached hydrogens (tertiary/aromatic N) is 2. The summed E-state index contributed by atoms with van der Waals surface area (Å²) in [5.74, 6) is -1.10. The maximum atomic E-state index is 13.6. The first-order chi connectivity index (χ1) is 9.06. The van der Waals surface area contributed by atoms with Gasteiger partial charge < -0.3 is 10.2 Å². The quantitative estimate of drug-likeness (QED) is 0.664.